The van der Waals surface area contributed by atoms with E-state index < -0.39 is 23.2 Å². The first kappa shape index (κ1) is 7.05. The molecule has 2 nitrogen and oxygen atoms in total. The zero-order chi connectivity index (χ0) is 7.72. The van der Waals surface area contributed by atoms with E-state index in [9.17, 15) is 8.78 Å². The van der Waals surface area contributed by atoms with Crippen molar-refractivity contribution in [3.63, 3.8) is 0 Å². The highest BCUT2D eigenvalue weighted by atomic mass is 19.1. The number of halogens is 2. The maximum absolute atomic E-state index is 12.2. The standard InChI is InChI=1S/C6H5F2O2/c7-3-1-2-4(8)6(10)5(3)9/h1,9-10H,2H2. The third-order valence-electron chi connectivity index (χ3n) is 1.17. The Morgan fingerprint density at radius 1 is 1.20 bits per heavy atom. The van der Waals surface area contributed by atoms with E-state index in [4.69, 9.17) is 10.2 Å². The molecule has 0 aliphatic heterocycles. The van der Waals surface area contributed by atoms with Crippen LogP contribution in [0.5, 0.6) is 0 Å². The number of aliphatic hydroxyl groups is 2. The number of hydrogen-bond acceptors (Lipinski definition) is 2. The second kappa shape index (κ2) is 2.28. The van der Waals surface area contributed by atoms with Crippen molar-refractivity contribution in [3.8, 4) is 0 Å². The summed E-state index contributed by atoms with van der Waals surface area (Å²) in [7, 11) is 0. The van der Waals surface area contributed by atoms with E-state index in [0.717, 1.165) is 6.42 Å². The van der Waals surface area contributed by atoms with Crippen LogP contribution in [0.4, 0.5) is 8.78 Å². The van der Waals surface area contributed by atoms with Gasteiger partial charge in [-0.15, -0.1) is 0 Å². The highest BCUT2D eigenvalue weighted by molar-refractivity contribution is 5.32. The van der Waals surface area contributed by atoms with Crippen LogP contribution in [0.1, 0.15) is 6.42 Å². The molecule has 1 aliphatic carbocycles. The van der Waals surface area contributed by atoms with E-state index in [-0.39, 0.29) is 6.42 Å². The van der Waals surface area contributed by atoms with E-state index in [0.29, 0.717) is 0 Å². The predicted octanol–water partition coefficient (Wildman–Crippen LogP) is 2.07. The van der Waals surface area contributed by atoms with Crippen molar-refractivity contribution in [1.82, 2.24) is 0 Å². The van der Waals surface area contributed by atoms with Gasteiger partial charge in [-0.05, 0) is 0 Å². The maximum atomic E-state index is 12.2. The topological polar surface area (TPSA) is 40.5 Å². The lowest BCUT2D eigenvalue weighted by Gasteiger charge is -2.08. The van der Waals surface area contributed by atoms with Crippen LogP contribution in [0.15, 0.2) is 23.2 Å². The summed E-state index contributed by atoms with van der Waals surface area (Å²) in [6.45, 7) is 0. The Morgan fingerprint density at radius 3 is 2.30 bits per heavy atom. The molecule has 0 amide bonds. The highest BCUT2D eigenvalue weighted by Crippen LogP contribution is 2.27. The van der Waals surface area contributed by atoms with Gasteiger partial charge < -0.3 is 10.2 Å². The van der Waals surface area contributed by atoms with Crippen LogP contribution in [0.2, 0.25) is 0 Å². The first-order valence-electron chi connectivity index (χ1n) is 2.63. The van der Waals surface area contributed by atoms with Gasteiger partial charge >= 0.3 is 0 Å². The smallest absolute Gasteiger partial charge is 0.192 e. The Morgan fingerprint density at radius 2 is 1.80 bits per heavy atom. The molecule has 4 heteroatoms. The van der Waals surface area contributed by atoms with Crippen LogP contribution in [0.25, 0.3) is 0 Å². The first-order valence-corrected chi connectivity index (χ1v) is 2.63. The minimum Gasteiger partial charge on any atom is -0.502 e. The molecule has 0 atom stereocenters. The molecule has 0 unspecified atom stereocenters. The van der Waals surface area contributed by atoms with Crippen molar-refractivity contribution in [2.45, 2.75) is 6.42 Å². The molecule has 1 rings (SSSR count). The molecule has 10 heavy (non-hydrogen) atoms. The van der Waals surface area contributed by atoms with E-state index in [1.165, 1.54) is 0 Å². The lowest BCUT2D eigenvalue weighted by Crippen LogP contribution is -2.01. The number of hydrogen-bond donors (Lipinski definition) is 2. The lowest BCUT2D eigenvalue weighted by atomic mass is 10.1. The second-order valence-electron chi connectivity index (χ2n) is 1.86. The number of rotatable bonds is 0. The van der Waals surface area contributed by atoms with Crippen molar-refractivity contribution < 1.29 is 19.0 Å². The number of aliphatic hydroxyl groups excluding tert-OH is 2. The van der Waals surface area contributed by atoms with Crippen molar-refractivity contribution in [1.29, 1.82) is 0 Å². The van der Waals surface area contributed by atoms with Crippen molar-refractivity contribution in [2.75, 3.05) is 0 Å². The largest absolute Gasteiger partial charge is 0.502 e. The molecule has 1 aliphatic rings. The average molecular weight is 147 g/mol. The van der Waals surface area contributed by atoms with Gasteiger partial charge in [-0.3, -0.25) is 0 Å². The monoisotopic (exact) mass is 147 g/mol. The summed E-state index contributed by atoms with van der Waals surface area (Å²) in [5, 5.41) is 17.1. The third-order valence-corrected chi connectivity index (χ3v) is 1.17. The molecular weight excluding hydrogens is 142 g/mol. The van der Waals surface area contributed by atoms with Gasteiger partial charge in [0.05, 0.1) is 0 Å². The Bertz CT molecular complexity index is 194. The Labute approximate surface area is 56.1 Å². The summed E-state index contributed by atoms with van der Waals surface area (Å²) in [5.74, 6) is -3.93. The predicted molar refractivity (Wildman–Crippen MR) is 30.4 cm³/mol. The fourth-order valence-corrected chi connectivity index (χ4v) is 0.614. The Kier molecular flexibility index (Phi) is 1.61. The molecule has 0 saturated carbocycles. The fraction of sp³-hybridized carbons (Fsp3) is 0.167. The van der Waals surface area contributed by atoms with Gasteiger partial charge in [0.2, 0.25) is 0 Å². The van der Waals surface area contributed by atoms with E-state index in [1.807, 2.05) is 0 Å². The van der Waals surface area contributed by atoms with E-state index in [1.54, 1.807) is 0 Å². The quantitative estimate of drug-likeness (QED) is 0.550. The van der Waals surface area contributed by atoms with Gasteiger partial charge in [0.1, 0.15) is 11.7 Å². The zero-order valence-electron chi connectivity index (χ0n) is 4.93. The minimum absolute atomic E-state index is 0.304. The Balaban J connectivity index is 3.01. The van der Waals surface area contributed by atoms with Gasteiger partial charge in [0.15, 0.2) is 11.5 Å². The summed E-state index contributed by atoms with van der Waals surface area (Å²) in [6, 6.07) is 0. The highest BCUT2D eigenvalue weighted by Gasteiger charge is 2.20. The summed E-state index contributed by atoms with van der Waals surface area (Å²) < 4.78 is 24.5. The third kappa shape index (κ3) is 0.964. The SMILES string of the molecule is OC1=C(F)[CH]CC(F)=C1O. The average Bonchev–Trinajstić information content (AvgIpc) is 1.93. The van der Waals surface area contributed by atoms with Crippen LogP contribution in [-0.2, 0) is 0 Å². The van der Waals surface area contributed by atoms with Crippen molar-refractivity contribution in [3.05, 3.63) is 29.6 Å². The zero-order valence-corrected chi connectivity index (χ0v) is 4.93. The summed E-state index contributed by atoms with van der Waals surface area (Å²) in [5.41, 5.74) is 0. The van der Waals surface area contributed by atoms with Gasteiger partial charge in [-0.2, -0.15) is 0 Å². The molecule has 0 bridgehead atoms. The minimum atomic E-state index is -1.02. The first-order chi connectivity index (χ1) is 4.63. The second-order valence-corrected chi connectivity index (χ2v) is 1.86. The van der Waals surface area contributed by atoms with E-state index in [2.05, 4.69) is 0 Å². The van der Waals surface area contributed by atoms with Gasteiger partial charge in [0.25, 0.3) is 0 Å². The molecule has 1 radical (unpaired) electrons. The van der Waals surface area contributed by atoms with Crippen LogP contribution in [0, 0.1) is 6.42 Å². The molecule has 0 spiro atoms. The maximum Gasteiger partial charge on any atom is 0.192 e. The van der Waals surface area contributed by atoms with E-state index >= 15 is 0 Å². The van der Waals surface area contributed by atoms with Crippen molar-refractivity contribution in [2.24, 2.45) is 0 Å². The molecule has 0 aromatic rings. The van der Waals surface area contributed by atoms with Crippen LogP contribution in [0.3, 0.4) is 0 Å². The fourth-order valence-electron chi connectivity index (χ4n) is 0.614. The van der Waals surface area contributed by atoms with Gasteiger partial charge in [0, 0.05) is 12.8 Å². The van der Waals surface area contributed by atoms with Gasteiger partial charge in [-0.25, -0.2) is 8.78 Å². The molecular formula is C6H5F2O2. The summed E-state index contributed by atoms with van der Waals surface area (Å²) in [6.07, 6.45) is 0.548. The van der Waals surface area contributed by atoms with Crippen LogP contribution in [-0.4, -0.2) is 10.2 Å². The number of allylic oxidation sites excluding steroid dienone is 2. The van der Waals surface area contributed by atoms with Gasteiger partial charge in [-0.1, -0.05) is 0 Å². The van der Waals surface area contributed by atoms with Crippen LogP contribution >= 0.6 is 0 Å². The van der Waals surface area contributed by atoms with Crippen LogP contribution < -0.4 is 0 Å². The lowest BCUT2D eigenvalue weighted by molar-refractivity contribution is 0.286. The summed E-state index contributed by atoms with van der Waals surface area (Å²) >= 11 is 0. The molecule has 2 N–H and O–H groups in total. The molecule has 0 fully saturated rings. The molecule has 0 aromatic carbocycles. The molecule has 0 saturated heterocycles. The normalized spacial score (nSPS) is 20.2. The molecule has 55 valence electrons. The summed E-state index contributed by atoms with van der Waals surface area (Å²) in [4.78, 5) is 0. The Hall–Kier alpha value is -1.06. The molecule has 0 heterocycles. The van der Waals surface area contributed by atoms with Crippen molar-refractivity contribution >= 4 is 0 Å². The molecule has 0 aromatic heterocycles.